The van der Waals surface area contributed by atoms with Gasteiger partial charge in [-0.25, -0.2) is 0 Å². The topological polar surface area (TPSA) is 58.6 Å². The van der Waals surface area contributed by atoms with Crippen LogP contribution in [0.15, 0.2) is 24.3 Å². The summed E-state index contributed by atoms with van der Waals surface area (Å²) in [5, 5.41) is 2.36. The number of benzene rings is 1. The number of hydrogen-bond acceptors (Lipinski definition) is 3. The summed E-state index contributed by atoms with van der Waals surface area (Å²) in [4.78, 5) is 24.5. The van der Waals surface area contributed by atoms with E-state index in [1.807, 2.05) is 0 Å². The predicted octanol–water partition coefficient (Wildman–Crippen LogP) is 1.91. The summed E-state index contributed by atoms with van der Waals surface area (Å²) in [6, 6.07) is 6.08. The zero-order chi connectivity index (χ0) is 16.0. The van der Waals surface area contributed by atoms with Crippen molar-refractivity contribution in [2.75, 3.05) is 32.6 Å². The Hall–Kier alpha value is -2.09. The normalized spacial score (nSPS) is 11.1. The van der Waals surface area contributed by atoms with Crippen molar-refractivity contribution < 1.29 is 27.5 Å². The Labute approximate surface area is 119 Å². The second-order valence-electron chi connectivity index (χ2n) is 4.44. The van der Waals surface area contributed by atoms with Crippen LogP contribution >= 0.6 is 0 Å². The molecule has 5 nitrogen and oxygen atoms in total. The van der Waals surface area contributed by atoms with Crippen molar-refractivity contribution in [2.45, 2.75) is 6.18 Å². The number of anilines is 1. The molecule has 0 radical (unpaired) electrons. The van der Waals surface area contributed by atoms with Crippen molar-refractivity contribution >= 4 is 17.5 Å². The minimum Gasteiger partial charge on any atom is -0.362 e. The zero-order valence-corrected chi connectivity index (χ0v) is 11.5. The lowest BCUT2D eigenvalue weighted by Crippen LogP contribution is -2.24. The van der Waals surface area contributed by atoms with Gasteiger partial charge in [-0.15, -0.1) is 0 Å². The van der Waals surface area contributed by atoms with E-state index in [2.05, 4.69) is 10.1 Å². The van der Waals surface area contributed by atoms with Crippen molar-refractivity contribution in [3.63, 3.8) is 0 Å². The van der Waals surface area contributed by atoms with E-state index in [4.69, 9.17) is 0 Å². The third-order valence-corrected chi connectivity index (χ3v) is 2.30. The van der Waals surface area contributed by atoms with Gasteiger partial charge in [0.1, 0.15) is 13.2 Å². The fourth-order valence-electron chi connectivity index (χ4n) is 1.44. The quantitative estimate of drug-likeness (QED) is 0.904. The molecule has 21 heavy (non-hydrogen) atoms. The first-order valence-corrected chi connectivity index (χ1v) is 5.95. The summed E-state index contributed by atoms with van der Waals surface area (Å²) >= 11 is 0. The lowest BCUT2D eigenvalue weighted by atomic mass is 10.2. The maximum absolute atomic E-state index is 11.9. The molecule has 0 aromatic heterocycles. The molecule has 0 spiro atoms. The van der Waals surface area contributed by atoms with Crippen molar-refractivity contribution in [3.05, 3.63) is 29.8 Å². The van der Waals surface area contributed by atoms with Crippen LogP contribution in [0.2, 0.25) is 0 Å². The summed E-state index contributed by atoms with van der Waals surface area (Å²) < 4.78 is 39.8. The Balaban J connectivity index is 2.57. The molecule has 0 unspecified atom stereocenters. The second-order valence-corrected chi connectivity index (χ2v) is 4.44. The Morgan fingerprint density at radius 1 is 1.29 bits per heavy atom. The highest BCUT2D eigenvalue weighted by atomic mass is 19.4. The lowest BCUT2D eigenvalue weighted by Gasteiger charge is -2.12. The van der Waals surface area contributed by atoms with Gasteiger partial charge in [-0.2, -0.15) is 13.2 Å². The van der Waals surface area contributed by atoms with Gasteiger partial charge in [0.05, 0.1) is 0 Å². The SMILES string of the molecule is CN(C)C(=O)c1cccc(NC(=O)COCC(F)(F)F)c1. The molecule has 0 saturated heterocycles. The minimum absolute atomic E-state index is 0.251. The van der Waals surface area contributed by atoms with E-state index in [9.17, 15) is 22.8 Å². The van der Waals surface area contributed by atoms with Crippen LogP contribution in [0.1, 0.15) is 10.4 Å². The Bertz CT molecular complexity index is 516. The summed E-state index contributed by atoms with van der Waals surface area (Å²) in [5.41, 5.74) is 0.664. The van der Waals surface area contributed by atoms with Gasteiger partial charge in [0.25, 0.3) is 5.91 Å². The number of nitrogens with one attached hydrogen (secondary N) is 1. The molecule has 0 aliphatic rings. The average molecular weight is 304 g/mol. The minimum atomic E-state index is -4.47. The monoisotopic (exact) mass is 304 g/mol. The maximum Gasteiger partial charge on any atom is 0.411 e. The van der Waals surface area contributed by atoms with Crippen molar-refractivity contribution in [2.24, 2.45) is 0 Å². The molecule has 0 heterocycles. The van der Waals surface area contributed by atoms with E-state index in [0.717, 1.165) is 0 Å². The number of halogens is 3. The number of carbonyl (C=O) groups is 2. The highest BCUT2D eigenvalue weighted by molar-refractivity contribution is 5.97. The molecule has 2 amide bonds. The largest absolute Gasteiger partial charge is 0.411 e. The first kappa shape index (κ1) is 17.0. The smallest absolute Gasteiger partial charge is 0.362 e. The van der Waals surface area contributed by atoms with Crippen LogP contribution in [0.3, 0.4) is 0 Å². The highest BCUT2D eigenvalue weighted by Crippen LogP contribution is 2.15. The molecule has 0 fully saturated rings. The van der Waals surface area contributed by atoms with E-state index < -0.39 is 25.3 Å². The van der Waals surface area contributed by atoms with Gasteiger partial charge in [0, 0.05) is 25.3 Å². The number of ether oxygens (including phenoxy) is 1. The molecule has 0 aliphatic heterocycles. The highest BCUT2D eigenvalue weighted by Gasteiger charge is 2.27. The second kappa shape index (κ2) is 7.07. The fraction of sp³-hybridized carbons (Fsp3) is 0.385. The van der Waals surface area contributed by atoms with Gasteiger partial charge in [-0.3, -0.25) is 9.59 Å². The Morgan fingerprint density at radius 3 is 2.52 bits per heavy atom. The van der Waals surface area contributed by atoms with Gasteiger partial charge in [-0.1, -0.05) is 6.07 Å². The maximum atomic E-state index is 11.9. The number of carbonyl (C=O) groups excluding carboxylic acids is 2. The van der Waals surface area contributed by atoms with Crippen LogP contribution in [0, 0.1) is 0 Å². The number of rotatable bonds is 5. The summed E-state index contributed by atoms with van der Waals surface area (Å²) in [5.74, 6) is -0.979. The molecule has 1 aromatic carbocycles. The fourth-order valence-corrected chi connectivity index (χ4v) is 1.44. The molecular weight excluding hydrogens is 289 g/mol. The van der Waals surface area contributed by atoms with Crippen LogP contribution in [-0.2, 0) is 9.53 Å². The van der Waals surface area contributed by atoms with E-state index >= 15 is 0 Å². The molecule has 1 aromatic rings. The summed E-state index contributed by atoms with van der Waals surface area (Å²) in [6.07, 6.45) is -4.47. The number of hydrogen-bond donors (Lipinski definition) is 1. The summed E-state index contributed by atoms with van der Waals surface area (Å²) in [7, 11) is 3.16. The molecule has 116 valence electrons. The molecular formula is C13H15F3N2O3. The summed E-state index contributed by atoms with van der Waals surface area (Å²) in [6.45, 7) is -2.20. The van der Waals surface area contributed by atoms with E-state index in [1.54, 1.807) is 26.2 Å². The number of alkyl halides is 3. The van der Waals surface area contributed by atoms with E-state index in [0.29, 0.717) is 11.3 Å². The third-order valence-electron chi connectivity index (χ3n) is 2.30. The zero-order valence-electron chi connectivity index (χ0n) is 11.5. The molecule has 0 aliphatic carbocycles. The van der Waals surface area contributed by atoms with Crippen LogP contribution in [0.5, 0.6) is 0 Å². The first-order valence-electron chi connectivity index (χ1n) is 5.95. The molecule has 1 N–H and O–H groups in total. The van der Waals surface area contributed by atoms with Gasteiger partial charge in [0.2, 0.25) is 5.91 Å². The van der Waals surface area contributed by atoms with Gasteiger partial charge in [0.15, 0.2) is 0 Å². The molecule has 0 atom stereocenters. The van der Waals surface area contributed by atoms with Crippen LogP contribution in [-0.4, -0.2) is 50.2 Å². The number of amides is 2. The first-order chi connectivity index (χ1) is 9.69. The Kier molecular flexibility index (Phi) is 5.71. The Morgan fingerprint density at radius 2 is 1.95 bits per heavy atom. The van der Waals surface area contributed by atoms with Gasteiger partial charge < -0.3 is 15.0 Å². The van der Waals surface area contributed by atoms with Crippen molar-refractivity contribution in [1.29, 1.82) is 0 Å². The molecule has 0 saturated carbocycles. The van der Waals surface area contributed by atoms with Crippen LogP contribution < -0.4 is 5.32 Å². The van der Waals surface area contributed by atoms with Crippen LogP contribution in [0.25, 0.3) is 0 Å². The molecule has 8 heteroatoms. The van der Waals surface area contributed by atoms with Gasteiger partial charge >= 0.3 is 6.18 Å². The number of nitrogens with zero attached hydrogens (tertiary/aromatic N) is 1. The molecule has 0 bridgehead atoms. The lowest BCUT2D eigenvalue weighted by molar-refractivity contribution is -0.174. The third kappa shape index (κ3) is 6.26. The van der Waals surface area contributed by atoms with E-state index in [-0.39, 0.29) is 5.91 Å². The molecule has 1 rings (SSSR count). The van der Waals surface area contributed by atoms with E-state index in [1.165, 1.54) is 17.0 Å². The van der Waals surface area contributed by atoms with Crippen molar-refractivity contribution in [1.82, 2.24) is 4.90 Å². The standard InChI is InChI=1S/C13H15F3N2O3/c1-18(2)12(20)9-4-3-5-10(6-9)17-11(19)7-21-8-13(14,15)16/h3-6H,7-8H2,1-2H3,(H,17,19). The van der Waals surface area contributed by atoms with Crippen molar-refractivity contribution in [3.8, 4) is 0 Å². The predicted molar refractivity (Wildman–Crippen MR) is 70.0 cm³/mol. The van der Waals surface area contributed by atoms with Crippen LogP contribution in [0.4, 0.5) is 18.9 Å². The van der Waals surface area contributed by atoms with Gasteiger partial charge in [-0.05, 0) is 18.2 Å². The average Bonchev–Trinajstić information content (AvgIpc) is 2.36.